The molecule has 3 N–H and O–H groups in total. The van der Waals surface area contributed by atoms with Crippen LogP contribution in [0, 0.1) is 11.8 Å². The molecule has 0 radical (unpaired) electrons. The van der Waals surface area contributed by atoms with E-state index in [0.717, 1.165) is 0 Å². The zero-order valence-electron chi connectivity index (χ0n) is 9.84. The van der Waals surface area contributed by atoms with Crippen molar-refractivity contribution in [2.75, 3.05) is 19.6 Å². The number of nitrogens with one attached hydrogen (secondary N) is 2. The molecule has 1 rings (SSSR count). The Morgan fingerprint density at radius 2 is 2.07 bits per heavy atom. The smallest absolute Gasteiger partial charge is 0.223 e. The van der Waals surface area contributed by atoms with Crippen molar-refractivity contribution in [2.45, 2.75) is 32.8 Å². The molecule has 1 heterocycles. The van der Waals surface area contributed by atoms with Crippen LogP contribution in [0.15, 0.2) is 0 Å². The van der Waals surface area contributed by atoms with Gasteiger partial charge in [-0.05, 0) is 12.3 Å². The molecule has 1 amide bonds. The van der Waals surface area contributed by atoms with Gasteiger partial charge in [0.15, 0.2) is 0 Å². The number of aliphatic hydroxyl groups is 1. The minimum Gasteiger partial charge on any atom is -0.387 e. The average Bonchev–Trinajstić information content (AvgIpc) is 2.13. The highest BCUT2D eigenvalue weighted by Crippen LogP contribution is 2.14. The molecule has 1 unspecified atom stereocenters. The van der Waals surface area contributed by atoms with E-state index < -0.39 is 5.60 Å². The maximum absolute atomic E-state index is 11.6. The molecule has 1 fully saturated rings. The predicted octanol–water partition coefficient (Wildman–Crippen LogP) is 0.119. The molecule has 0 aromatic rings. The van der Waals surface area contributed by atoms with Gasteiger partial charge in [0, 0.05) is 25.6 Å². The summed E-state index contributed by atoms with van der Waals surface area (Å²) < 4.78 is 0. The van der Waals surface area contributed by atoms with E-state index in [1.165, 1.54) is 0 Å². The third-order valence-corrected chi connectivity index (χ3v) is 3.21. The topological polar surface area (TPSA) is 61.4 Å². The third-order valence-electron chi connectivity index (χ3n) is 3.21. The standard InChI is InChI=1S/C11H22N2O2/c1-8(2)9(3)10(14)13-5-4-11(15)6-12-7-11/h8-9,12,15H,4-7H2,1-3H3,(H,13,14). The number of amides is 1. The van der Waals surface area contributed by atoms with Crippen LogP contribution in [0.3, 0.4) is 0 Å². The van der Waals surface area contributed by atoms with E-state index in [1.54, 1.807) is 0 Å². The summed E-state index contributed by atoms with van der Waals surface area (Å²) in [6.45, 7) is 7.85. The summed E-state index contributed by atoms with van der Waals surface area (Å²) in [5.41, 5.74) is -0.589. The molecule has 1 aliphatic heterocycles. The lowest BCUT2D eigenvalue weighted by Gasteiger charge is -2.37. The van der Waals surface area contributed by atoms with Crippen molar-refractivity contribution in [1.29, 1.82) is 0 Å². The Labute approximate surface area is 91.4 Å². The minimum atomic E-state index is -0.589. The second-order valence-corrected chi connectivity index (χ2v) is 4.90. The molecule has 0 aromatic heterocycles. The number of carbonyl (C=O) groups is 1. The van der Waals surface area contributed by atoms with Gasteiger partial charge in [0.05, 0.1) is 5.60 Å². The van der Waals surface area contributed by atoms with Crippen LogP contribution < -0.4 is 10.6 Å². The number of β-amino-alcohol motifs (C(OH)–C–C–N with tert-alkyl or cyclic N) is 1. The molecule has 0 saturated carbocycles. The van der Waals surface area contributed by atoms with Crippen molar-refractivity contribution >= 4 is 5.91 Å². The molecule has 1 saturated heterocycles. The molecule has 0 aliphatic carbocycles. The molecule has 4 heteroatoms. The minimum absolute atomic E-state index is 0.0409. The van der Waals surface area contributed by atoms with Crippen LogP contribution >= 0.6 is 0 Å². The van der Waals surface area contributed by atoms with Gasteiger partial charge in [0.1, 0.15) is 0 Å². The van der Waals surface area contributed by atoms with E-state index in [1.807, 2.05) is 20.8 Å². The van der Waals surface area contributed by atoms with Crippen molar-refractivity contribution in [2.24, 2.45) is 11.8 Å². The summed E-state index contributed by atoms with van der Waals surface area (Å²) in [4.78, 5) is 11.6. The van der Waals surface area contributed by atoms with Crippen LogP contribution in [-0.2, 0) is 4.79 Å². The SMILES string of the molecule is CC(C)C(C)C(=O)NCCC1(O)CNC1. The fraction of sp³-hybridized carbons (Fsp3) is 0.909. The van der Waals surface area contributed by atoms with Crippen molar-refractivity contribution in [3.8, 4) is 0 Å². The molecule has 0 aromatic carbocycles. The second-order valence-electron chi connectivity index (χ2n) is 4.90. The van der Waals surface area contributed by atoms with E-state index in [0.29, 0.717) is 32.0 Å². The van der Waals surface area contributed by atoms with Gasteiger partial charge in [0.25, 0.3) is 0 Å². The molecule has 4 nitrogen and oxygen atoms in total. The maximum atomic E-state index is 11.6. The van der Waals surface area contributed by atoms with E-state index >= 15 is 0 Å². The lowest BCUT2D eigenvalue weighted by Crippen LogP contribution is -2.60. The van der Waals surface area contributed by atoms with Crippen LogP contribution in [0.5, 0.6) is 0 Å². The lowest BCUT2D eigenvalue weighted by molar-refractivity contribution is -0.126. The molecule has 15 heavy (non-hydrogen) atoms. The van der Waals surface area contributed by atoms with Crippen molar-refractivity contribution in [3.63, 3.8) is 0 Å². The highest BCUT2D eigenvalue weighted by Gasteiger charge is 2.33. The highest BCUT2D eigenvalue weighted by molar-refractivity contribution is 5.78. The van der Waals surface area contributed by atoms with Crippen LogP contribution in [0.4, 0.5) is 0 Å². The van der Waals surface area contributed by atoms with Gasteiger partial charge in [-0.15, -0.1) is 0 Å². The Morgan fingerprint density at radius 3 is 2.47 bits per heavy atom. The normalized spacial score (nSPS) is 20.9. The zero-order chi connectivity index (χ0) is 11.5. The molecular weight excluding hydrogens is 192 g/mol. The molecule has 1 atom stereocenters. The largest absolute Gasteiger partial charge is 0.387 e. The Balaban J connectivity index is 2.17. The summed E-state index contributed by atoms with van der Waals surface area (Å²) >= 11 is 0. The predicted molar refractivity (Wildman–Crippen MR) is 59.4 cm³/mol. The third kappa shape index (κ3) is 3.47. The summed E-state index contributed by atoms with van der Waals surface area (Å²) in [6, 6.07) is 0. The summed E-state index contributed by atoms with van der Waals surface area (Å²) in [5.74, 6) is 0.485. The Kier molecular flexibility index (Phi) is 4.11. The van der Waals surface area contributed by atoms with Crippen molar-refractivity contribution in [3.05, 3.63) is 0 Å². The van der Waals surface area contributed by atoms with Gasteiger partial charge in [-0.1, -0.05) is 20.8 Å². The monoisotopic (exact) mass is 214 g/mol. The Hall–Kier alpha value is -0.610. The molecule has 0 bridgehead atoms. The van der Waals surface area contributed by atoms with Gasteiger partial charge >= 0.3 is 0 Å². The summed E-state index contributed by atoms with van der Waals surface area (Å²) in [7, 11) is 0. The van der Waals surface area contributed by atoms with E-state index in [2.05, 4.69) is 10.6 Å². The number of hydrogen-bond acceptors (Lipinski definition) is 3. The van der Waals surface area contributed by atoms with Gasteiger partial charge in [-0.2, -0.15) is 0 Å². The van der Waals surface area contributed by atoms with Crippen LogP contribution in [0.25, 0.3) is 0 Å². The first kappa shape index (κ1) is 12.5. The van der Waals surface area contributed by atoms with Crippen molar-refractivity contribution < 1.29 is 9.90 Å². The first-order valence-electron chi connectivity index (χ1n) is 5.65. The first-order valence-corrected chi connectivity index (χ1v) is 5.65. The van der Waals surface area contributed by atoms with Crippen LogP contribution in [0.1, 0.15) is 27.2 Å². The average molecular weight is 214 g/mol. The molecule has 88 valence electrons. The Bertz CT molecular complexity index is 225. The maximum Gasteiger partial charge on any atom is 0.223 e. The fourth-order valence-electron chi connectivity index (χ4n) is 1.47. The summed E-state index contributed by atoms with van der Waals surface area (Å²) in [5, 5.41) is 15.6. The number of rotatable bonds is 5. The van der Waals surface area contributed by atoms with Crippen LogP contribution in [-0.4, -0.2) is 36.2 Å². The molecular formula is C11H22N2O2. The van der Waals surface area contributed by atoms with Gasteiger partial charge in [0.2, 0.25) is 5.91 Å². The zero-order valence-corrected chi connectivity index (χ0v) is 9.84. The number of hydrogen-bond donors (Lipinski definition) is 3. The fourth-order valence-corrected chi connectivity index (χ4v) is 1.47. The number of carbonyl (C=O) groups excluding carboxylic acids is 1. The first-order chi connectivity index (χ1) is 6.94. The summed E-state index contributed by atoms with van der Waals surface area (Å²) in [6.07, 6.45) is 0.635. The van der Waals surface area contributed by atoms with E-state index in [4.69, 9.17) is 0 Å². The van der Waals surface area contributed by atoms with E-state index in [9.17, 15) is 9.90 Å². The second kappa shape index (κ2) is 4.94. The van der Waals surface area contributed by atoms with E-state index in [-0.39, 0.29) is 11.8 Å². The Morgan fingerprint density at radius 1 is 1.47 bits per heavy atom. The van der Waals surface area contributed by atoms with Gasteiger partial charge in [-0.25, -0.2) is 0 Å². The quantitative estimate of drug-likeness (QED) is 0.609. The lowest BCUT2D eigenvalue weighted by atomic mass is 9.93. The molecule has 0 spiro atoms. The van der Waals surface area contributed by atoms with Crippen LogP contribution in [0.2, 0.25) is 0 Å². The molecule has 1 aliphatic rings. The van der Waals surface area contributed by atoms with Crippen molar-refractivity contribution in [1.82, 2.24) is 10.6 Å². The highest BCUT2D eigenvalue weighted by atomic mass is 16.3. The van der Waals surface area contributed by atoms with Gasteiger partial charge < -0.3 is 15.7 Å². The van der Waals surface area contributed by atoms with Gasteiger partial charge in [-0.3, -0.25) is 4.79 Å².